The predicted molar refractivity (Wildman–Crippen MR) is 248 cm³/mol. The van der Waals surface area contributed by atoms with Gasteiger partial charge in [-0.1, -0.05) is 103 Å². The molecule has 0 aliphatic rings. The number of hydrogen-bond donors (Lipinski definition) is 2. The van der Waals surface area contributed by atoms with Gasteiger partial charge in [0.2, 0.25) is 6.10 Å². The lowest BCUT2D eigenvalue weighted by Gasteiger charge is -2.18. The molecule has 0 aliphatic carbocycles. The number of alkyl halides is 1. The van der Waals surface area contributed by atoms with Crippen molar-refractivity contribution in [3.05, 3.63) is 155 Å². The minimum atomic E-state index is -1.26. The van der Waals surface area contributed by atoms with Crippen LogP contribution in [0.4, 0.5) is 0 Å². The lowest BCUT2D eigenvalue weighted by Crippen LogP contribution is -2.19. The number of carbonyl (C=O) groups excluding carboxylic acids is 1. The van der Waals surface area contributed by atoms with E-state index in [9.17, 15) is 19.8 Å². The Labute approximate surface area is 382 Å². The first-order valence-electron chi connectivity index (χ1n) is 18.4. The summed E-state index contributed by atoms with van der Waals surface area (Å²) in [5.74, 6) is 0.157. The molecule has 0 fully saturated rings. The maximum Gasteiger partial charge on any atom is 0.349 e. The number of benzene rings is 6. The monoisotopic (exact) mass is 958 g/mol. The van der Waals surface area contributed by atoms with E-state index in [-0.39, 0.29) is 26.6 Å². The summed E-state index contributed by atoms with van der Waals surface area (Å²) < 4.78 is 21.2. The molecule has 0 bridgehead atoms. The highest BCUT2D eigenvalue weighted by Crippen LogP contribution is 2.33. The van der Waals surface area contributed by atoms with Crippen LogP contribution in [0.15, 0.2) is 133 Å². The number of ether oxygens (including phenoxy) is 4. The molecule has 6 aromatic carbocycles. The molecule has 2 atom stereocenters. The normalized spacial score (nSPS) is 11.3. The van der Waals surface area contributed by atoms with Gasteiger partial charge in [0.25, 0.3) is 0 Å². The van der Waals surface area contributed by atoms with E-state index in [4.69, 9.17) is 42.1 Å². The van der Waals surface area contributed by atoms with Gasteiger partial charge in [-0.3, -0.25) is 4.79 Å². The third-order valence-corrected chi connectivity index (χ3v) is 9.98. The first-order valence-corrected chi connectivity index (χ1v) is 20.1. The molecular weight excluding hydrogens is 915 g/mol. The molecule has 0 spiro atoms. The van der Waals surface area contributed by atoms with Crippen molar-refractivity contribution in [2.45, 2.75) is 32.7 Å². The topological polar surface area (TPSA) is 173 Å². The summed E-state index contributed by atoms with van der Waals surface area (Å²) in [7, 11) is 3.11. The van der Waals surface area contributed by atoms with Gasteiger partial charge in [0.1, 0.15) is 61.3 Å². The Kier molecular flexibility index (Phi) is 17.8. The fourth-order valence-corrected chi connectivity index (χ4v) is 6.49. The number of rotatable bonds is 11. The molecule has 2 unspecified atom stereocenters. The summed E-state index contributed by atoms with van der Waals surface area (Å²) in [5.41, 5.74) is 5.12. The number of esters is 1. The second kappa shape index (κ2) is 23.0. The highest BCUT2D eigenvalue weighted by molar-refractivity contribution is 9.09. The maximum absolute atomic E-state index is 11.9. The van der Waals surface area contributed by atoms with Gasteiger partial charge in [0.15, 0.2) is 0 Å². The van der Waals surface area contributed by atoms with E-state index in [1.165, 1.54) is 9.59 Å². The first-order chi connectivity index (χ1) is 29.5. The number of phenols is 1. The second-order valence-corrected chi connectivity index (χ2v) is 14.5. The molecule has 63 heavy (non-hydrogen) atoms. The number of halogens is 3. The second-order valence-electron chi connectivity index (χ2n) is 12.7. The van der Waals surface area contributed by atoms with E-state index in [0.717, 1.165) is 16.6 Å². The molecule has 14 nitrogen and oxygen atoms in total. The average molecular weight is 961 g/mol. The fourth-order valence-electron chi connectivity index (χ4n) is 5.68. The number of phenolic OH excluding ortho intramolecular Hbond substituents is 1. The van der Waals surface area contributed by atoms with Crippen molar-refractivity contribution in [2.75, 3.05) is 20.8 Å². The van der Waals surface area contributed by atoms with Crippen LogP contribution in [0.5, 0.6) is 23.0 Å². The molecule has 2 heterocycles. The standard InChI is InChI=1S/C21H16ClN3O4.C13H11N3O2.C10H10BrClO2.2CH4/c1-28-15-9-10-19(29-20(21(26)27)13-5-4-6-14(22)11-13)18(12-15)25-23-16-7-2-3-8-17(16)24-25;1-18-9-6-7-13(17)12(8-9)16-14-10-4-2-3-5-11(10)15-16;1-2-14-10(13)9(11)7-4-3-5-8(12)6-7;;/h2-12,20H,1H3,(H,26,27);2-8,17H,1H3;3-6,9H,2H2,1H3;2*1H4. The molecule has 328 valence electrons. The number of carboxylic acid groups (broad SMARTS) is 1. The zero-order valence-electron chi connectivity index (χ0n) is 32.7. The van der Waals surface area contributed by atoms with Crippen molar-refractivity contribution in [1.82, 2.24) is 30.0 Å². The van der Waals surface area contributed by atoms with Gasteiger partial charge in [0.05, 0.1) is 20.8 Å². The third kappa shape index (κ3) is 12.5. The van der Waals surface area contributed by atoms with Crippen molar-refractivity contribution < 1.29 is 38.7 Å². The van der Waals surface area contributed by atoms with Gasteiger partial charge >= 0.3 is 11.9 Å². The van der Waals surface area contributed by atoms with Crippen molar-refractivity contribution in [1.29, 1.82) is 0 Å². The maximum atomic E-state index is 11.9. The molecule has 2 aromatic heterocycles. The fraction of sp³-hybridized carbons (Fsp3) is 0.174. The van der Waals surface area contributed by atoms with Crippen LogP contribution in [-0.4, -0.2) is 73.0 Å². The van der Waals surface area contributed by atoms with Crippen molar-refractivity contribution in [3.8, 4) is 34.4 Å². The SMILES string of the molecule is C.C.CCOC(=O)C(Br)c1cccc(Cl)c1.COc1ccc(O)c(-n2nc3ccccc3n2)c1.COc1ccc(OC(C(=O)O)c2cccc(Cl)c2)c(-n2nc3ccccc3n2)c1. The number of aliphatic carboxylic acids is 1. The van der Waals surface area contributed by atoms with Crippen LogP contribution in [0.2, 0.25) is 10.0 Å². The zero-order chi connectivity index (χ0) is 43.5. The van der Waals surface area contributed by atoms with Crippen molar-refractivity contribution in [2.24, 2.45) is 0 Å². The summed E-state index contributed by atoms with van der Waals surface area (Å²) in [4.78, 5) is 25.6. The number of methoxy groups -OCH3 is 2. The lowest BCUT2D eigenvalue weighted by atomic mass is 10.1. The third-order valence-electron chi connectivity index (χ3n) is 8.61. The van der Waals surface area contributed by atoms with E-state index >= 15 is 0 Å². The molecule has 8 aromatic rings. The molecule has 2 N–H and O–H groups in total. The van der Waals surface area contributed by atoms with Crippen LogP contribution < -0.4 is 14.2 Å². The molecule has 0 radical (unpaired) electrons. The van der Waals surface area contributed by atoms with Gasteiger partial charge < -0.3 is 29.2 Å². The number of nitrogens with zero attached hydrogens (tertiary/aromatic N) is 6. The van der Waals surface area contributed by atoms with E-state index in [1.54, 1.807) is 100 Å². The minimum Gasteiger partial charge on any atom is -0.506 e. The molecule has 0 amide bonds. The summed E-state index contributed by atoms with van der Waals surface area (Å²) in [5, 5.41) is 38.1. The number of carbonyl (C=O) groups is 2. The van der Waals surface area contributed by atoms with Gasteiger partial charge in [-0.15, -0.1) is 30.0 Å². The van der Waals surface area contributed by atoms with Gasteiger partial charge in [0, 0.05) is 27.7 Å². The molecule has 0 saturated carbocycles. The van der Waals surface area contributed by atoms with Crippen molar-refractivity contribution >= 4 is 73.1 Å². The van der Waals surface area contributed by atoms with Crippen LogP contribution >= 0.6 is 39.1 Å². The summed E-state index contributed by atoms with van der Waals surface area (Å²) in [6.45, 7) is 2.15. The minimum absolute atomic E-state index is 0. The molecule has 0 saturated heterocycles. The Balaban J connectivity index is 0.000000221. The summed E-state index contributed by atoms with van der Waals surface area (Å²) in [6, 6.07) is 38.5. The van der Waals surface area contributed by atoms with E-state index in [1.807, 2.05) is 54.6 Å². The van der Waals surface area contributed by atoms with Crippen LogP contribution in [0.1, 0.15) is 43.8 Å². The van der Waals surface area contributed by atoms with Crippen LogP contribution in [0.25, 0.3) is 33.4 Å². The number of fused-ring (bicyclic) bond motifs is 2. The Morgan fingerprint density at radius 1 is 0.651 bits per heavy atom. The number of hydrogen-bond acceptors (Lipinski definition) is 11. The average Bonchev–Trinajstić information content (AvgIpc) is 3.91. The predicted octanol–water partition coefficient (Wildman–Crippen LogP) is 11.0. The number of aromatic nitrogens is 6. The van der Waals surface area contributed by atoms with Crippen LogP contribution in [0, 0.1) is 0 Å². The molecule has 0 aliphatic heterocycles. The highest BCUT2D eigenvalue weighted by Gasteiger charge is 2.25. The Bertz CT molecular complexity index is 2720. The zero-order valence-corrected chi connectivity index (χ0v) is 35.8. The molecule has 8 rings (SSSR count). The summed E-state index contributed by atoms with van der Waals surface area (Å²) >= 11 is 15.1. The van der Waals surface area contributed by atoms with Crippen LogP contribution in [0.3, 0.4) is 0 Å². The Hall–Kier alpha value is -6.68. The smallest absolute Gasteiger partial charge is 0.349 e. The summed E-state index contributed by atoms with van der Waals surface area (Å²) in [6.07, 6.45) is -1.26. The van der Waals surface area contributed by atoms with E-state index in [0.29, 0.717) is 61.9 Å². The van der Waals surface area contributed by atoms with Gasteiger partial charge in [-0.2, -0.15) is 0 Å². The molecule has 17 heteroatoms. The van der Waals surface area contributed by atoms with Gasteiger partial charge in [-0.25, -0.2) is 4.79 Å². The lowest BCUT2D eigenvalue weighted by molar-refractivity contribution is -0.145. The largest absolute Gasteiger partial charge is 0.506 e. The quantitative estimate of drug-likeness (QED) is 0.0929. The van der Waals surface area contributed by atoms with E-state index < -0.39 is 16.9 Å². The van der Waals surface area contributed by atoms with Crippen LogP contribution in [-0.2, 0) is 14.3 Å². The van der Waals surface area contributed by atoms with E-state index in [2.05, 4.69) is 36.3 Å². The Morgan fingerprint density at radius 2 is 1.11 bits per heavy atom. The molecular formula is C46H45BrCl2N6O8. The Morgan fingerprint density at radius 3 is 1.59 bits per heavy atom. The van der Waals surface area contributed by atoms with Crippen molar-refractivity contribution in [3.63, 3.8) is 0 Å². The highest BCUT2D eigenvalue weighted by atomic mass is 79.9. The number of aromatic hydroxyl groups is 1. The number of carboxylic acids is 1. The van der Waals surface area contributed by atoms with Gasteiger partial charge in [-0.05, 0) is 85.3 Å². The first kappa shape index (κ1) is 49.0.